The Hall–Kier alpha value is -8.82. The predicted molar refractivity (Wildman–Crippen MR) is 305 cm³/mol. The van der Waals surface area contributed by atoms with E-state index in [1.165, 1.54) is 104 Å². The SMILES string of the molecule is C=C1/C=C\C=C/CNC(C)(c2cccc(-c3c4ccccc4c(-c4ccc5c(-c6ccc7ccccc7c6)c6ccccc6c(-c6ccc7ccccc7c6)c5c4)c4ccccc34)c2)N1c1ccccc1. The summed E-state index contributed by atoms with van der Waals surface area (Å²) in [5.41, 5.74) is 12.2. The van der Waals surface area contributed by atoms with Crippen LogP contribution in [0.4, 0.5) is 5.69 Å². The van der Waals surface area contributed by atoms with Crippen LogP contribution in [0.3, 0.4) is 0 Å². The molecule has 2 heteroatoms. The van der Waals surface area contributed by atoms with Gasteiger partial charge in [0.1, 0.15) is 5.66 Å². The number of anilines is 1. The molecule has 12 aromatic rings. The Morgan fingerprint density at radius 1 is 0.380 bits per heavy atom. The van der Waals surface area contributed by atoms with Crippen molar-refractivity contribution in [2.75, 3.05) is 11.4 Å². The van der Waals surface area contributed by atoms with Gasteiger partial charge in [-0.15, -0.1) is 0 Å². The van der Waals surface area contributed by atoms with Crippen molar-refractivity contribution in [1.29, 1.82) is 0 Å². The van der Waals surface area contributed by atoms with E-state index in [9.17, 15) is 0 Å². The van der Waals surface area contributed by atoms with Crippen LogP contribution in [-0.4, -0.2) is 6.54 Å². The minimum atomic E-state index is -0.636. The first kappa shape index (κ1) is 42.3. The van der Waals surface area contributed by atoms with Crippen LogP contribution >= 0.6 is 0 Å². The number of nitrogens with zero attached hydrogens (tertiary/aromatic N) is 1. The summed E-state index contributed by atoms with van der Waals surface area (Å²) >= 11 is 0. The number of rotatable bonds is 6. The number of benzene rings is 12. The predicted octanol–water partition coefficient (Wildman–Crippen LogP) is 18.2. The first-order chi connectivity index (χ1) is 35.0. The van der Waals surface area contributed by atoms with E-state index in [1.807, 2.05) is 0 Å². The Morgan fingerprint density at radius 2 is 0.817 bits per heavy atom. The summed E-state index contributed by atoms with van der Waals surface area (Å²) in [6.07, 6.45) is 8.44. The number of fused-ring (bicyclic) bond motifs is 6. The fraction of sp³-hybridized carbons (Fsp3) is 0.0435. The summed E-state index contributed by atoms with van der Waals surface area (Å²) in [6, 6.07) is 85.3. The second kappa shape index (κ2) is 17.3. The van der Waals surface area contributed by atoms with Crippen LogP contribution in [0.15, 0.2) is 267 Å². The Kier molecular flexibility index (Phi) is 10.3. The average molecular weight is 907 g/mol. The van der Waals surface area contributed by atoms with E-state index in [0.29, 0.717) is 6.54 Å². The normalized spacial score (nSPS) is 16.1. The number of hydrogen-bond donors (Lipinski definition) is 1. The highest BCUT2D eigenvalue weighted by atomic mass is 15.3. The smallest absolute Gasteiger partial charge is 0.119 e. The van der Waals surface area contributed by atoms with E-state index in [2.05, 4.69) is 279 Å². The van der Waals surface area contributed by atoms with Crippen molar-refractivity contribution in [2.45, 2.75) is 12.6 Å². The first-order valence-electron chi connectivity index (χ1n) is 24.7. The van der Waals surface area contributed by atoms with Crippen molar-refractivity contribution in [1.82, 2.24) is 5.32 Å². The van der Waals surface area contributed by atoms with Gasteiger partial charge in [0.25, 0.3) is 0 Å². The van der Waals surface area contributed by atoms with E-state index < -0.39 is 5.66 Å². The molecule has 0 saturated carbocycles. The maximum atomic E-state index is 4.60. The molecule has 0 amide bonds. The van der Waals surface area contributed by atoms with Crippen LogP contribution in [0.5, 0.6) is 0 Å². The largest absolute Gasteiger partial charge is 0.319 e. The third-order valence-electron chi connectivity index (χ3n) is 14.9. The number of nitrogens with one attached hydrogen (secondary N) is 1. The molecule has 0 spiro atoms. The van der Waals surface area contributed by atoms with Crippen molar-refractivity contribution < 1.29 is 0 Å². The Bertz CT molecular complexity index is 4100. The molecule has 12 aromatic carbocycles. The molecular formula is C69H50N2. The monoisotopic (exact) mass is 906 g/mol. The van der Waals surface area contributed by atoms with E-state index >= 15 is 0 Å². The van der Waals surface area contributed by atoms with Gasteiger partial charge in [0.2, 0.25) is 0 Å². The van der Waals surface area contributed by atoms with Crippen molar-refractivity contribution >= 4 is 70.3 Å². The maximum absolute atomic E-state index is 4.60. The average Bonchev–Trinajstić information content (AvgIpc) is 3.49. The lowest BCUT2D eigenvalue weighted by Crippen LogP contribution is -2.53. The lowest BCUT2D eigenvalue weighted by molar-refractivity contribution is 0.384. The lowest BCUT2D eigenvalue weighted by atomic mass is 9.82. The van der Waals surface area contributed by atoms with Crippen LogP contribution in [-0.2, 0) is 5.66 Å². The van der Waals surface area contributed by atoms with E-state index in [-0.39, 0.29) is 0 Å². The maximum Gasteiger partial charge on any atom is 0.119 e. The molecule has 0 aliphatic carbocycles. The highest BCUT2D eigenvalue weighted by molar-refractivity contribution is 6.25. The van der Waals surface area contributed by atoms with Gasteiger partial charge >= 0.3 is 0 Å². The van der Waals surface area contributed by atoms with E-state index in [1.54, 1.807) is 0 Å². The summed E-state index contributed by atoms with van der Waals surface area (Å²) in [6.45, 7) is 7.57. The van der Waals surface area contributed by atoms with Gasteiger partial charge in [-0.1, -0.05) is 219 Å². The molecule has 2 nitrogen and oxygen atoms in total. The third kappa shape index (κ3) is 7.14. The third-order valence-corrected chi connectivity index (χ3v) is 14.9. The van der Waals surface area contributed by atoms with Crippen molar-refractivity contribution in [3.8, 4) is 44.5 Å². The summed E-state index contributed by atoms with van der Waals surface area (Å²) in [4.78, 5) is 2.33. The summed E-state index contributed by atoms with van der Waals surface area (Å²) in [7, 11) is 0. The Morgan fingerprint density at radius 3 is 1.37 bits per heavy atom. The molecule has 336 valence electrons. The van der Waals surface area contributed by atoms with Crippen molar-refractivity contribution in [3.63, 3.8) is 0 Å². The van der Waals surface area contributed by atoms with Gasteiger partial charge in [-0.2, -0.15) is 0 Å². The van der Waals surface area contributed by atoms with Crippen molar-refractivity contribution in [2.24, 2.45) is 0 Å². The summed E-state index contributed by atoms with van der Waals surface area (Å²) in [5, 5.41) is 18.7. The summed E-state index contributed by atoms with van der Waals surface area (Å²) < 4.78 is 0. The second-order valence-corrected chi connectivity index (χ2v) is 19.0. The fourth-order valence-corrected chi connectivity index (χ4v) is 11.6. The Balaban J connectivity index is 1.06. The zero-order valence-electron chi connectivity index (χ0n) is 39.6. The zero-order chi connectivity index (χ0) is 47.5. The van der Waals surface area contributed by atoms with Crippen LogP contribution in [0.2, 0.25) is 0 Å². The molecule has 13 rings (SSSR count). The van der Waals surface area contributed by atoms with E-state index in [0.717, 1.165) is 22.5 Å². The Labute approximate surface area is 414 Å². The number of hydrogen-bond acceptors (Lipinski definition) is 2. The van der Waals surface area contributed by atoms with Gasteiger partial charge in [-0.3, -0.25) is 5.32 Å². The van der Waals surface area contributed by atoms with Crippen LogP contribution in [0, 0.1) is 0 Å². The van der Waals surface area contributed by atoms with Gasteiger partial charge in [-0.05, 0) is 164 Å². The lowest BCUT2D eigenvalue weighted by Gasteiger charge is -2.44. The fourth-order valence-electron chi connectivity index (χ4n) is 11.6. The molecule has 1 atom stereocenters. The topological polar surface area (TPSA) is 15.3 Å². The molecule has 0 bridgehead atoms. The quantitative estimate of drug-likeness (QED) is 0.167. The zero-order valence-corrected chi connectivity index (χ0v) is 39.6. The highest BCUT2D eigenvalue weighted by Crippen LogP contribution is 2.49. The minimum Gasteiger partial charge on any atom is -0.319 e. The van der Waals surface area contributed by atoms with Crippen molar-refractivity contribution in [3.05, 3.63) is 273 Å². The standard InChI is InChI=1S/C69H50N2/c1-46-20-5-4-18-41-70-69(2,71(46)56-27-6-3-7-28-56)55-26-19-25-51(44-55)65-57-29-12-14-31-59(57)67(60-32-15-13-30-58(60)65)54-39-40-63-64(45-54)68(53-38-36-48-22-9-11-24-50(48)43-53)62-34-17-16-33-61(62)66(63)52-37-35-47-21-8-10-23-49(47)42-52/h3-40,42-45,70H,1,41H2,2H3/b18-4-,20-5-. The second-order valence-electron chi connectivity index (χ2n) is 19.0. The van der Waals surface area contributed by atoms with E-state index in [4.69, 9.17) is 0 Å². The summed E-state index contributed by atoms with van der Waals surface area (Å²) in [5.74, 6) is 0. The number of allylic oxidation sites excluding steroid dienone is 3. The molecule has 0 aromatic heterocycles. The molecule has 1 heterocycles. The van der Waals surface area contributed by atoms with Gasteiger partial charge in [0.15, 0.2) is 0 Å². The molecular weight excluding hydrogens is 857 g/mol. The molecule has 1 aliphatic rings. The highest BCUT2D eigenvalue weighted by Gasteiger charge is 2.35. The molecule has 1 unspecified atom stereocenters. The van der Waals surface area contributed by atoms with Gasteiger partial charge in [0.05, 0.1) is 0 Å². The van der Waals surface area contributed by atoms with Crippen LogP contribution in [0.25, 0.3) is 109 Å². The number of para-hydroxylation sites is 1. The molecule has 1 aliphatic heterocycles. The van der Waals surface area contributed by atoms with Crippen LogP contribution < -0.4 is 10.2 Å². The van der Waals surface area contributed by atoms with Gasteiger partial charge < -0.3 is 4.90 Å². The molecule has 0 saturated heterocycles. The molecule has 0 radical (unpaired) electrons. The van der Waals surface area contributed by atoms with Gasteiger partial charge in [-0.25, -0.2) is 0 Å². The van der Waals surface area contributed by atoms with Crippen LogP contribution in [0.1, 0.15) is 12.5 Å². The van der Waals surface area contributed by atoms with Gasteiger partial charge in [0, 0.05) is 17.9 Å². The molecule has 71 heavy (non-hydrogen) atoms. The molecule has 1 N–H and O–H groups in total. The molecule has 0 fully saturated rings. The minimum absolute atomic E-state index is 0.636. The first-order valence-corrected chi connectivity index (χ1v) is 24.7.